The highest BCUT2D eigenvalue weighted by Gasteiger charge is 2.07. The minimum atomic E-state index is 0.277. The predicted molar refractivity (Wildman–Crippen MR) is 66.0 cm³/mol. The molecule has 0 aliphatic rings. The van der Waals surface area contributed by atoms with Gasteiger partial charge in [-0.2, -0.15) is 5.26 Å². The Bertz CT molecular complexity index is 536. The van der Waals surface area contributed by atoms with Gasteiger partial charge in [0.2, 0.25) is 0 Å². The van der Waals surface area contributed by atoms with Gasteiger partial charge in [0.15, 0.2) is 0 Å². The van der Waals surface area contributed by atoms with Crippen LogP contribution in [0.15, 0.2) is 35.1 Å². The molecule has 80 valence electrons. The van der Waals surface area contributed by atoms with Crippen molar-refractivity contribution in [3.8, 4) is 17.5 Å². The number of halogens is 2. The lowest BCUT2D eigenvalue weighted by Gasteiger charge is -2.04. The van der Waals surface area contributed by atoms with E-state index in [-0.39, 0.29) is 6.54 Å². The first-order valence-electron chi connectivity index (χ1n) is 4.55. The van der Waals surface area contributed by atoms with E-state index in [9.17, 15) is 0 Å². The molecule has 0 saturated heterocycles. The molecule has 0 N–H and O–H groups in total. The normalized spacial score (nSPS) is 10.1. The molecule has 5 heteroatoms. The molecule has 0 aliphatic carbocycles. The van der Waals surface area contributed by atoms with Crippen LogP contribution in [0.25, 0.3) is 11.4 Å². The van der Waals surface area contributed by atoms with Crippen molar-refractivity contribution in [3.05, 3.63) is 40.1 Å². The third-order valence-corrected chi connectivity index (χ3v) is 2.75. The van der Waals surface area contributed by atoms with Crippen molar-refractivity contribution >= 4 is 27.5 Å². The van der Waals surface area contributed by atoms with Crippen molar-refractivity contribution in [1.29, 1.82) is 5.26 Å². The van der Waals surface area contributed by atoms with E-state index in [1.54, 1.807) is 17.0 Å². The Kier molecular flexibility index (Phi) is 3.28. The minimum Gasteiger partial charge on any atom is -0.317 e. The first-order valence-corrected chi connectivity index (χ1v) is 5.72. The quantitative estimate of drug-likeness (QED) is 0.851. The molecular weight excluding hydrogens is 289 g/mol. The number of hydrogen-bond acceptors (Lipinski definition) is 2. The van der Waals surface area contributed by atoms with Crippen LogP contribution in [0.5, 0.6) is 0 Å². The standard InChI is InChI=1S/C11H7BrClN3/c12-9-5-8(6-10(13)7-9)11-15-2-4-16(11)3-1-14/h2,4-7H,3H2. The molecule has 0 spiro atoms. The second-order valence-corrected chi connectivity index (χ2v) is 4.55. The van der Waals surface area contributed by atoms with E-state index in [0.29, 0.717) is 5.02 Å². The number of nitriles is 1. The van der Waals surface area contributed by atoms with Crippen LogP contribution in [0, 0.1) is 11.3 Å². The minimum absolute atomic E-state index is 0.277. The number of benzene rings is 1. The summed E-state index contributed by atoms with van der Waals surface area (Å²) in [5, 5.41) is 9.32. The van der Waals surface area contributed by atoms with Gasteiger partial charge < -0.3 is 4.57 Å². The summed E-state index contributed by atoms with van der Waals surface area (Å²) in [4.78, 5) is 4.22. The first-order chi connectivity index (χ1) is 7.70. The highest BCUT2D eigenvalue weighted by atomic mass is 79.9. The van der Waals surface area contributed by atoms with E-state index in [2.05, 4.69) is 27.0 Å². The summed E-state index contributed by atoms with van der Waals surface area (Å²) >= 11 is 9.34. The monoisotopic (exact) mass is 295 g/mol. The molecule has 0 unspecified atom stereocenters. The number of aromatic nitrogens is 2. The summed E-state index contributed by atoms with van der Waals surface area (Å²) in [6, 6.07) is 7.64. The second-order valence-electron chi connectivity index (χ2n) is 3.19. The summed E-state index contributed by atoms with van der Waals surface area (Å²) in [5.41, 5.74) is 0.889. The van der Waals surface area contributed by atoms with Crippen molar-refractivity contribution in [3.63, 3.8) is 0 Å². The zero-order valence-electron chi connectivity index (χ0n) is 8.19. The summed E-state index contributed by atoms with van der Waals surface area (Å²) in [7, 11) is 0. The summed E-state index contributed by atoms with van der Waals surface area (Å²) < 4.78 is 2.67. The molecule has 1 heterocycles. The van der Waals surface area contributed by atoms with Crippen LogP contribution in [0.1, 0.15) is 0 Å². The topological polar surface area (TPSA) is 41.6 Å². The predicted octanol–water partition coefficient (Wildman–Crippen LogP) is 3.49. The molecule has 0 atom stereocenters. The Morgan fingerprint density at radius 1 is 1.44 bits per heavy atom. The van der Waals surface area contributed by atoms with Crippen molar-refractivity contribution in [2.24, 2.45) is 0 Å². The van der Waals surface area contributed by atoms with Gasteiger partial charge in [-0.05, 0) is 18.2 Å². The fraction of sp³-hybridized carbons (Fsp3) is 0.0909. The van der Waals surface area contributed by atoms with Crippen LogP contribution in [0.2, 0.25) is 5.02 Å². The Labute approximate surface area is 106 Å². The molecule has 0 amide bonds. The van der Waals surface area contributed by atoms with Crippen LogP contribution in [-0.4, -0.2) is 9.55 Å². The smallest absolute Gasteiger partial charge is 0.140 e. The van der Waals surface area contributed by atoms with E-state index in [0.717, 1.165) is 15.9 Å². The van der Waals surface area contributed by atoms with Gasteiger partial charge in [0, 0.05) is 27.5 Å². The summed E-state index contributed by atoms with van der Waals surface area (Å²) in [5.74, 6) is 0.741. The van der Waals surface area contributed by atoms with Gasteiger partial charge >= 0.3 is 0 Å². The molecule has 1 aromatic heterocycles. The summed E-state index contributed by atoms with van der Waals surface area (Å²) in [6.07, 6.45) is 3.44. The summed E-state index contributed by atoms with van der Waals surface area (Å²) in [6.45, 7) is 0.277. The van der Waals surface area contributed by atoms with Crippen LogP contribution >= 0.6 is 27.5 Å². The fourth-order valence-corrected chi connectivity index (χ4v) is 2.32. The maximum absolute atomic E-state index is 8.68. The van der Waals surface area contributed by atoms with Crippen molar-refractivity contribution in [1.82, 2.24) is 9.55 Å². The lowest BCUT2D eigenvalue weighted by atomic mass is 10.2. The van der Waals surface area contributed by atoms with Gasteiger partial charge in [-0.3, -0.25) is 0 Å². The maximum atomic E-state index is 8.68. The third kappa shape index (κ3) is 2.26. The van der Waals surface area contributed by atoms with Crippen molar-refractivity contribution in [2.75, 3.05) is 0 Å². The van der Waals surface area contributed by atoms with Gasteiger partial charge in [0.25, 0.3) is 0 Å². The zero-order chi connectivity index (χ0) is 11.5. The van der Waals surface area contributed by atoms with Gasteiger partial charge in [0.1, 0.15) is 12.4 Å². The van der Waals surface area contributed by atoms with Crippen molar-refractivity contribution < 1.29 is 0 Å². The van der Waals surface area contributed by atoms with Crippen LogP contribution in [0.4, 0.5) is 0 Å². The Morgan fingerprint density at radius 2 is 2.25 bits per heavy atom. The van der Waals surface area contributed by atoms with Gasteiger partial charge in [-0.15, -0.1) is 0 Å². The Hall–Kier alpha value is -1.31. The molecule has 0 saturated carbocycles. The van der Waals surface area contributed by atoms with E-state index < -0.39 is 0 Å². The number of hydrogen-bond donors (Lipinski definition) is 0. The Balaban J connectivity index is 2.50. The lowest BCUT2D eigenvalue weighted by molar-refractivity contribution is 0.841. The maximum Gasteiger partial charge on any atom is 0.140 e. The van der Waals surface area contributed by atoms with E-state index in [1.165, 1.54) is 0 Å². The molecule has 16 heavy (non-hydrogen) atoms. The third-order valence-electron chi connectivity index (χ3n) is 2.08. The average Bonchev–Trinajstić information content (AvgIpc) is 2.65. The second kappa shape index (κ2) is 4.69. The highest BCUT2D eigenvalue weighted by molar-refractivity contribution is 9.10. The van der Waals surface area contributed by atoms with Gasteiger partial charge in [-0.1, -0.05) is 27.5 Å². The molecular formula is C11H7BrClN3. The van der Waals surface area contributed by atoms with Crippen LogP contribution < -0.4 is 0 Å². The SMILES string of the molecule is N#CCn1ccnc1-c1cc(Cl)cc(Br)c1. The number of nitrogens with zero attached hydrogens (tertiary/aromatic N) is 3. The van der Waals surface area contributed by atoms with Crippen molar-refractivity contribution in [2.45, 2.75) is 6.54 Å². The van der Waals surface area contributed by atoms with E-state index in [4.69, 9.17) is 16.9 Å². The zero-order valence-corrected chi connectivity index (χ0v) is 10.5. The molecule has 0 radical (unpaired) electrons. The van der Waals surface area contributed by atoms with Gasteiger partial charge in [-0.25, -0.2) is 4.98 Å². The highest BCUT2D eigenvalue weighted by Crippen LogP contribution is 2.26. The van der Waals surface area contributed by atoms with Gasteiger partial charge in [0.05, 0.1) is 6.07 Å². The molecule has 2 aromatic rings. The average molecular weight is 297 g/mol. The van der Waals surface area contributed by atoms with Crippen LogP contribution in [0.3, 0.4) is 0 Å². The number of rotatable bonds is 2. The lowest BCUT2D eigenvalue weighted by Crippen LogP contribution is -1.97. The first kappa shape index (κ1) is 11.2. The molecule has 0 aliphatic heterocycles. The van der Waals surface area contributed by atoms with E-state index in [1.807, 2.05) is 18.2 Å². The molecule has 2 rings (SSSR count). The molecule has 1 aromatic carbocycles. The van der Waals surface area contributed by atoms with E-state index >= 15 is 0 Å². The largest absolute Gasteiger partial charge is 0.317 e. The molecule has 0 bridgehead atoms. The number of imidazole rings is 1. The Morgan fingerprint density at radius 3 is 2.94 bits per heavy atom. The molecule has 0 fully saturated rings. The fourth-order valence-electron chi connectivity index (χ4n) is 1.46. The molecule has 3 nitrogen and oxygen atoms in total. The van der Waals surface area contributed by atoms with Crippen LogP contribution in [-0.2, 0) is 6.54 Å².